The average molecular weight is 517 g/mol. The number of nitrogens with zero attached hydrogens (tertiary/aromatic N) is 2. The Labute approximate surface area is 209 Å². The van der Waals surface area contributed by atoms with Gasteiger partial charge in [-0.05, 0) is 72.2 Å². The number of hydrogen-bond donors (Lipinski definition) is 1. The van der Waals surface area contributed by atoms with Gasteiger partial charge in [0.15, 0.2) is 0 Å². The van der Waals surface area contributed by atoms with E-state index in [1.54, 1.807) is 33.7 Å². The summed E-state index contributed by atoms with van der Waals surface area (Å²) in [7, 11) is 6.57. The summed E-state index contributed by atoms with van der Waals surface area (Å²) in [5, 5.41) is 10.3. The summed E-state index contributed by atoms with van der Waals surface area (Å²) < 4.78 is 5.81. The number of pyridine rings is 1. The quantitative estimate of drug-likeness (QED) is 0.0854. The Morgan fingerprint density at radius 2 is 2.03 bits per heavy atom. The van der Waals surface area contributed by atoms with Crippen LogP contribution < -0.4 is 0 Å². The summed E-state index contributed by atoms with van der Waals surface area (Å²) in [4.78, 5) is 18.6. The van der Waals surface area contributed by atoms with Crippen molar-refractivity contribution < 1.29 is 14.6 Å². The van der Waals surface area contributed by atoms with Crippen LogP contribution >= 0.6 is 43.2 Å². The van der Waals surface area contributed by atoms with Crippen molar-refractivity contribution in [2.75, 3.05) is 24.7 Å². The minimum Gasteiger partial charge on any atom is -0.395 e. The number of ether oxygens (including phenoxy) is 1. The number of carbonyl (C=O) groups excluding carboxylic acids is 1. The number of allylic oxidation sites excluding steroid dienone is 2. The number of aliphatic hydroxyl groups is 1. The number of carbonyl (C=O) groups is 1. The first-order chi connectivity index (χ1) is 15.2. The maximum absolute atomic E-state index is 10.6. The van der Waals surface area contributed by atoms with Crippen molar-refractivity contribution in [2.24, 2.45) is 10.4 Å². The maximum Gasteiger partial charge on any atom is 0.122 e. The van der Waals surface area contributed by atoms with Gasteiger partial charge in [0, 0.05) is 30.7 Å². The Morgan fingerprint density at radius 3 is 2.59 bits per heavy atom. The second-order valence-electron chi connectivity index (χ2n) is 7.93. The molecule has 1 N–H and O–H groups in total. The Hall–Kier alpha value is -0.710. The van der Waals surface area contributed by atoms with Gasteiger partial charge < -0.3 is 14.6 Å². The summed E-state index contributed by atoms with van der Waals surface area (Å²) in [5.74, 6) is 1.74. The monoisotopic (exact) mass is 516 g/mol. The van der Waals surface area contributed by atoms with E-state index >= 15 is 0 Å². The molecule has 32 heavy (non-hydrogen) atoms. The molecule has 0 aliphatic carbocycles. The molecule has 0 aromatic carbocycles. The molecule has 0 spiro atoms. The molecular formula is C23H36N2O3S4. The number of aliphatic hydroxyl groups excluding tert-OH is 1. The molecule has 0 aliphatic rings. The molecule has 0 atom stereocenters. The van der Waals surface area contributed by atoms with Gasteiger partial charge >= 0.3 is 0 Å². The molecule has 5 nitrogen and oxygen atoms in total. The molecule has 0 fully saturated rings. The summed E-state index contributed by atoms with van der Waals surface area (Å²) in [6, 6.07) is 5.96. The van der Waals surface area contributed by atoms with Crippen molar-refractivity contribution in [2.45, 2.75) is 51.2 Å². The minimum absolute atomic E-state index is 0.191. The van der Waals surface area contributed by atoms with Crippen LogP contribution in [-0.2, 0) is 9.53 Å². The predicted octanol–water partition coefficient (Wildman–Crippen LogP) is 6.71. The number of aliphatic imine (C=N–C) groups is 1. The van der Waals surface area contributed by atoms with Gasteiger partial charge in [-0.3, -0.25) is 4.99 Å². The Kier molecular flexibility index (Phi) is 18.3. The van der Waals surface area contributed by atoms with E-state index in [4.69, 9.17) is 9.84 Å². The van der Waals surface area contributed by atoms with E-state index in [2.05, 4.69) is 37.1 Å². The lowest BCUT2D eigenvalue weighted by atomic mass is 9.92. The first kappa shape index (κ1) is 31.3. The smallest absolute Gasteiger partial charge is 0.122 e. The van der Waals surface area contributed by atoms with E-state index in [0.717, 1.165) is 28.5 Å². The molecule has 0 aliphatic heterocycles. The zero-order chi connectivity index (χ0) is 24.3. The molecule has 9 heteroatoms. The highest BCUT2D eigenvalue weighted by Gasteiger charge is 2.22. The van der Waals surface area contributed by atoms with E-state index in [1.807, 2.05) is 49.0 Å². The van der Waals surface area contributed by atoms with Crippen molar-refractivity contribution in [3.63, 3.8) is 0 Å². The van der Waals surface area contributed by atoms with Crippen LogP contribution in [-0.4, -0.2) is 53.4 Å². The topological polar surface area (TPSA) is 71.8 Å². The van der Waals surface area contributed by atoms with E-state index in [1.165, 1.54) is 10.8 Å². The Balaban J connectivity index is 0.000000739. The normalized spacial score (nSPS) is 12.0. The van der Waals surface area contributed by atoms with E-state index in [9.17, 15) is 4.79 Å². The van der Waals surface area contributed by atoms with Gasteiger partial charge in [-0.1, -0.05) is 54.2 Å². The number of rotatable bonds is 16. The third kappa shape index (κ3) is 17.8. The van der Waals surface area contributed by atoms with Gasteiger partial charge in [0.05, 0.1) is 12.2 Å². The van der Waals surface area contributed by atoms with E-state index < -0.39 is 0 Å². The highest BCUT2D eigenvalue weighted by molar-refractivity contribution is 8.78. The van der Waals surface area contributed by atoms with Gasteiger partial charge in [0.25, 0.3) is 0 Å². The number of aldehydes is 1. The summed E-state index contributed by atoms with van der Waals surface area (Å²) in [6.07, 6.45) is 7.60. The van der Waals surface area contributed by atoms with Crippen molar-refractivity contribution in [3.05, 3.63) is 48.2 Å². The third-order valence-corrected chi connectivity index (χ3v) is 8.73. The zero-order valence-electron chi connectivity index (χ0n) is 19.5. The van der Waals surface area contributed by atoms with Crippen LogP contribution in [0.4, 0.5) is 0 Å². The second kappa shape index (κ2) is 18.7. The largest absolute Gasteiger partial charge is 0.395 e. The van der Waals surface area contributed by atoms with Crippen molar-refractivity contribution in [3.8, 4) is 0 Å². The van der Waals surface area contributed by atoms with E-state index in [-0.39, 0.29) is 17.6 Å². The molecule has 0 unspecified atom stereocenters. The molecule has 0 saturated carbocycles. The molecule has 0 amide bonds. The second-order valence-corrected chi connectivity index (χ2v) is 12.7. The fourth-order valence-corrected chi connectivity index (χ4v) is 6.24. The average Bonchev–Trinajstić information content (AvgIpc) is 2.74. The molecule has 1 aromatic heterocycles. The van der Waals surface area contributed by atoms with Crippen LogP contribution in [0.1, 0.15) is 40.5 Å². The van der Waals surface area contributed by atoms with Gasteiger partial charge in [-0.25, -0.2) is 4.98 Å². The molecule has 0 saturated heterocycles. The number of hydrogen-bond acceptors (Lipinski definition) is 9. The molecule has 1 rings (SSSR count). The lowest BCUT2D eigenvalue weighted by Crippen LogP contribution is -2.27. The number of aromatic nitrogens is 1. The van der Waals surface area contributed by atoms with Crippen LogP contribution in [0.15, 0.2) is 58.2 Å². The third-order valence-electron chi connectivity index (χ3n) is 3.81. The summed E-state index contributed by atoms with van der Waals surface area (Å²) in [6.45, 7) is 16.2. The molecule has 0 radical (unpaired) electrons. The molecular weight excluding hydrogens is 481 g/mol. The van der Waals surface area contributed by atoms with Gasteiger partial charge in [0.1, 0.15) is 16.3 Å². The molecule has 180 valence electrons. The lowest BCUT2D eigenvalue weighted by Gasteiger charge is -2.28. The Morgan fingerprint density at radius 1 is 1.28 bits per heavy atom. The van der Waals surface area contributed by atoms with Crippen LogP contribution in [0, 0.1) is 5.41 Å². The summed E-state index contributed by atoms with van der Waals surface area (Å²) >= 11 is 0. The highest BCUT2D eigenvalue weighted by atomic mass is 33.1. The first-order valence-corrected chi connectivity index (χ1v) is 14.8. The van der Waals surface area contributed by atoms with Crippen LogP contribution in [0.3, 0.4) is 0 Å². The standard InChI is InChI=1S/C16H25NO2S2.C7H11NOS2/c1-15(2,9-12-19-16(3,4)8-11-18)13-20-21-14-7-5-6-10-17-14;1-3-4-7(8-2)11-10-6-5-9/h5-7,10-11H,8-9,12-13H2,1-4H3;3-4,9H,1-2,5-6H2/b;7-4+. The fourth-order valence-electron chi connectivity index (χ4n) is 1.93. The summed E-state index contributed by atoms with van der Waals surface area (Å²) in [5.41, 5.74) is -0.155. The van der Waals surface area contributed by atoms with Crippen LogP contribution in [0.2, 0.25) is 0 Å². The van der Waals surface area contributed by atoms with Crippen molar-refractivity contribution >= 4 is 56.2 Å². The SMILES string of the molecule is C=C/C=C(\N=C)SSCCO.CC(C)(CCOC(C)(C)CC=O)CSSc1ccccn1. The lowest BCUT2D eigenvalue weighted by molar-refractivity contribution is -0.114. The van der Waals surface area contributed by atoms with Crippen LogP contribution in [0.25, 0.3) is 0 Å². The molecule has 0 bridgehead atoms. The first-order valence-electron chi connectivity index (χ1n) is 10.2. The minimum atomic E-state index is -0.353. The van der Waals surface area contributed by atoms with E-state index in [0.29, 0.717) is 18.8 Å². The predicted molar refractivity (Wildman–Crippen MR) is 147 cm³/mol. The maximum atomic E-state index is 10.6. The fraction of sp³-hybridized carbons (Fsp3) is 0.522. The van der Waals surface area contributed by atoms with Crippen molar-refractivity contribution in [1.82, 2.24) is 4.98 Å². The molecule has 1 aromatic rings. The zero-order valence-corrected chi connectivity index (χ0v) is 22.8. The highest BCUT2D eigenvalue weighted by Crippen LogP contribution is 2.36. The van der Waals surface area contributed by atoms with Crippen LogP contribution in [0.5, 0.6) is 0 Å². The van der Waals surface area contributed by atoms with Gasteiger partial charge in [-0.2, -0.15) is 0 Å². The van der Waals surface area contributed by atoms with Gasteiger partial charge in [-0.15, -0.1) is 0 Å². The van der Waals surface area contributed by atoms with Gasteiger partial charge in [0.2, 0.25) is 0 Å². The molecule has 1 heterocycles. The Bertz CT molecular complexity index is 683. The van der Waals surface area contributed by atoms with Crippen molar-refractivity contribution in [1.29, 1.82) is 0 Å².